The van der Waals surface area contributed by atoms with Crippen molar-refractivity contribution in [2.45, 2.75) is 26.2 Å². The van der Waals surface area contributed by atoms with Gasteiger partial charge >= 0.3 is 0 Å². The third kappa shape index (κ3) is 4.35. The fourth-order valence-corrected chi connectivity index (χ4v) is 4.44. The van der Waals surface area contributed by atoms with Crippen molar-refractivity contribution in [3.63, 3.8) is 0 Å². The Morgan fingerprint density at radius 3 is 2.70 bits per heavy atom. The smallest absolute Gasteiger partial charge is 0.255 e. The highest BCUT2D eigenvalue weighted by Gasteiger charge is 2.32. The van der Waals surface area contributed by atoms with E-state index in [1.165, 1.54) is 0 Å². The van der Waals surface area contributed by atoms with Crippen LogP contribution < -0.4 is 5.32 Å². The van der Waals surface area contributed by atoms with Gasteiger partial charge in [-0.3, -0.25) is 14.6 Å². The van der Waals surface area contributed by atoms with E-state index >= 15 is 0 Å². The molecule has 2 heterocycles. The maximum absolute atomic E-state index is 12.8. The zero-order valence-electron chi connectivity index (χ0n) is 17.3. The summed E-state index contributed by atoms with van der Waals surface area (Å²) in [5, 5.41) is 5.28. The molecule has 0 aliphatic carbocycles. The number of rotatable bonds is 5. The number of nitrogens with one attached hydrogen (secondary N) is 1. The summed E-state index contributed by atoms with van der Waals surface area (Å²) in [5.74, 6) is 0.669. The molecule has 1 fully saturated rings. The Bertz CT molecular complexity index is 1030. The van der Waals surface area contributed by atoms with E-state index in [1.807, 2.05) is 47.4 Å². The van der Waals surface area contributed by atoms with Crippen LogP contribution in [0.2, 0.25) is 0 Å². The zero-order valence-corrected chi connectivity index (χ0v) is 17.3. The molecule has 4 rings (SSSR count). The first-order valence-electron chi connectivity index (χ1n) is 10.6. The number of amides is 2. The summed E-state index contributed by atoms with van der Waals surface area (Å²) in [5.41, 5.74) is 1.48. The highest BCUT2D eigenvalue weighted by atomic mass is 16.2. The first kappa shape index (κ1) is 20.1. The minimum atomic E-state index is 0.0280. The summed E-state index contributed by atoms with van der Waals surface area (Å²) in [7, 11) is 0. The van der Waals surface area contributed by atoms with Crippen LogP contribution in [-0.2, 0) is 4.79 Å². The standard InChI is InChI=1S/C25H27N3O2/c1-2-18-17-28(25(30)21-9-6-13-26-16-21)14-12-20(18)15-24(29)27-23-11-5-8-19-7-3-4-10-22(19)23/h3-11,13,16,18,20H,2,12,14-15,17H2,1H3,(H,27,29)/t18-,20+/m1/s1. The Labute approximate surface area is 177 Å². The van der Waals surface area contributed by atoms with E-state index in [4.69, 9.17) is 0 Å². The molecule has 0 unspecified atom stereocenters. The second-order valence-corrected chi connectivity index (χ2v) is 7.99. The number of nitrogens with zero attached hydrogens (tertiary/aromatic N) is 2. The van der Waals surface area contributed by atoms with Gasteiger partial charge in [-0.2, -0.15) is 0 Å². The largest absolute Gasteiger partial charge is 0.338 e. The fraction of sp³-hybridized carbons (Fsp3) is 0.320. The highest BCUT2D eigenvalue weighted by Crippen LogP contribution is 2.31. The van der Waals surface area contributed by atoms with Crippen LogP contribution in [0.5, 0.6) is 0 Å². The predicted octanol–water partition coefficient (Wildman–Crippen LogP) is 4.75. The number of piperidine rings is 1. The van der Waals surface area contributed by atoms with Gasteiger partial charge in [0.05, 0.1) is 5.56 Å². The van der Waals surface area contributed by atoms with Crippen LogP contribution in [0.3, 0.4) is 0 Å². The van der Waals surface area contributed by atoms with E-state index in [1.54, 1.807) is 24.5 Å². The van der Waals surface area contributed by atoms with Crippen LogP contribution >= 0.6 is 0 Å². The quantitative estimate of drug-likeness (QED) is 0.671. The molecule has 5 nitrogen and oxygen atoms in total. The lowest BCUT2D eigenvalue weighted by Gasteiger charge is -2.38. The van der Waals surface area contributed by atoms with Gasteiger partial charge in [-0.05, 0) is 41.8 Å². The van der Waals surface area contributed by atoms with Crippen molar-refractivity contribution in [1.29, 1.82) is 0 Å². The van der Waals surface area contributed by atoms with E-state index in [-0.39, 0.29) is 17.7 Å². The molecule has 30 heavy (non-hydrogen) atoms. The number of hydrogen-bond donors (Lipinski definition) is 1. The summed E-state index contributed by atoms with van der Waals surface area (Å²) < 4.78 is 0. The van der Waals surface area contributed by atoms with Crippen LogP contribution in [0.1, 0.15) is 36.5 Å². The van der Waals surface area contributed by atoms with Crippen LogP contribution in [0.15, 0.2) is 67.0 Å². The van der Waals surface area contributed by atoms with Crippen molar-refractivity contribution in [1.82, 2.24) is 9.88 Å². The van der Waals surface area contributed by atoms with E-state index < -0.39 is 0 Å². The van der Waals surface area contributed by atoms with Crippen LogP contribution in [0.4, 0.5) is 5.69 Å². The molecule has 0 bridgehead atoms. The molecule has 1 aliphatic heterocycles. The number of benzene rings is 2. The molecular weight excluding hydrogens is 374 g/mol. The number of aromatic nitrogens is 1. The van der Waals surface area contributed by atoms with Crippen molar-refractivity contribution >= 4 is 28.3 Å². The van der Waals surface area contributed by atoms with Crippen molar-refractivity contribution in [3.8, 4) is 0 Å². The van der Waals surface area contributed by atoms with E-state index in [2.05, 4.69) is 17.2 Å². The molecule has 0 radical (unpaired) electrons. The third-order valence-corrected chi connectivity index (χ3v) is 6.12. The molecule has 0 saturated carbocycles. The lowest BCUT2D eigenvalue weighted by Crippen LogP contribution is -2.44. The van der Waals surface area contributed by atoms with Gasteiger partial charge < -0.3 is 10.2 Å². The normalized spacial score (nSPS) is 18.9. The molecular formula is C25H27N3O2. The molecule has 1 aliphatic rings. The Kier molecular flexibility index (Phi) is 6.07. The number of likely N-dealkylation sites (tertiary alicyclic amines) is 1. The van der Waals surface area contributed by atoms with Gasteiger partial charge in [-0.1, -0.05) is 49.7 Å². The third-order valence-electron chi connectivity index (χ3n) is 6.12. The first-order chi connectivity index (χ1) is 14.7. The molecule has 154 valence electrons. The number of pyridine rings is 1. The van der Waals surface area contributed by atoms with Gasteiger partial charge in [0.15, 0.2) is 0 Å². The van der Waals surface area contributed by atoms with Gasteiger partial charge in [-0.15, -0.1) is 0 Å². The fourth-order valence-electron chi connectivity index (χ4n) is 4.44. The minimum absolute atomic E-state index is 0.0280. The molecule has 2 aromatic carbocycles. The number of carbonyl (C=O) groups is 2. The predicted molar refractivity (Wildman–Crippen MR) is 119 cm³/mol. The van der Waals surface area contributed by atoms with Crippen molar-refractivity contribution < 1.29 is 9.59 Å². The van der Waals surface area contributed by atoms with Crippen LogP contribution in [0.25, 0.3) is 10.8 Å². The Morgan fingerprint density at radius 1 is 1.07 bits per heavy atom. The summed E-state index contributed by atoms with van der Waals surface area (Å²) >= 11 is 0. The maximum atomic E-state index is 12.8. The van der Waals surface area contributed by atoms with E-state index in [0.717, 1.165) is 29.3 Å². The van der Waals surface area contributed by atoms with Crippen LogP contribution in [-0.4, -0.2) is 34.8 Å². The molecule has 5 heteroatoms. The molecule has 2 atom stereocenters. The number of fused-ring (bicyclic) bond motifs is 1. The minimum Gasteiger partial charge on any atom is -0.338 e. The molecule has 2 amide bonds. The summed E-state index contributed by atoms with van der Waals surface area (Å²) in [6, 6.07) is 17.6. The molecule has 1 N–H and O–H groups in total. The lowest BCUT2D eigenvalue weighted by atomic mass is 9.81. The SMILES string of the molecule is CC[C@@H]1CN(C(=O)c2cccnc2)CC[C@H]1CC(=O)Nc1cccc2ccccc12. The Morgan fingerprint density at radius 2 is 1.90 bits per heavy atom. The molecule has 1 saturated heterocycles. The highest BCUT2D eigenvalue weighted by molar-refractivity contribution is 6.02. The molecule has 0 spiro atoms. The molecule has 1 aromatic heterocycles. The number of carbonyl (C=O) groups excluding carboxylic acids is 2. The Balaban J connectivity index is 1.40. The lowest BCUT2D eigenvalue weighted by molar-refractivity contribution is -0.117. The second kappa shape index (κ2) is 9.08. The van der Waals surface area contributed by atoms with Gasteiger partial charge in [-0.25, -0.2) is 0 Å². The van der Waals surface area contributed by atoms with Gasteiger partial charge in [0.25, 0.3) is 5.91 Å². The second-order valence-electron chi connectivity index (χ2n) is 7.99. The van der Waals surface area contributed by atoms with Crippen molar-refractivity contribution in [2.24, 2.45) is 11.8 Å². The van der Waals surface area contributed by atoms with E-state index in [0.29, 0.717) is 31.0 Å². The number of anilines is 1. The zero-order chi connectivity index (χ0) is 20.9. The van der Waals surface area contributed by atoms with Crippen LogP contribution in [0, 0.1) is 11.8 Å². The maximum Gasteiger partial charge on any atom is 0.255 e. The summed E-state index contributed by atoms with van der Waals surface area (Å²) in [4.78, 5) is 31.5. The molecule has 3 aromatic rings. The van der Waals surface area contributed by atoms with Gasteiger partial charge in [0, 0.05) is 43.0 Å². The summed E-state index contributed by atoms with van der Waals surface area (Å²) in [6.45, 7) is 3.51. The number of hydrogen-bond acceptors (Lipinski definition) is 3. The topological polar surface area (TPSA) is 62.3 Å². The van der Waals surface area contributed by atoms with Crippen molar-refractivity contribution in [2.75, 3.05) is 18.4 Å². The average molecular weight is 402 g/mol. The van der Waals surface area contributed by atoms with E-state index in [9.17, 15) is 9.59 Å². The monoisotopic (exact) mass is 401 g/mol. The Hall–Kier alpha value is -3.21. The van der Waals surface area contributed by atoms with Crippen molar-refractivity contribution in [3.05, 3.63) is 72.6 Å². The van der Waals surface area contributed by atoms with Gasteiger partial charge in [0.2, 0.25) is 5.91 Å². The summed E-state index contributed by atoms with van der Waals surface area (Å²) in [6.07, 6.45) is 5.56. The first-order valence-corrected chi connectivity index (χ1v) is 10.6. The average Bonchev–Trinajstić information content (AvgIpc) is 2.79. The van der Waals surface area contributed by atoms with Gasteiger partial charge in [0.1, 0.15) is 0 Å².